The number of aromatic nitrogens is 2. The summed E-state index contributed by atoms with van der Waals surface area (Å²) in [6.07, 6.45) is 5.09. The molecular formula is C22H32N4O3S. The lowest BCUT2D eigenvalue weighted by Crippen LogP contribution is -2.48. The lowest BCUT2D eigenvalue weighted by atomic mass is 9.70. The van der Waals surface area contributed by atoms with E-state index in [2.05, 4.69) is 23.7 Å². The van der Waals surface area contributed by atoms with Crippen LogP contribution in [0.2, 0.25) is 0 Å². The molecule has 2 unspecified atom stereocenters. The molecule has 0 N–H and O–H groups in total. The molecule has 0 radical (unpaired) electrons. The highest BCUT2D eigenvalue weighted by molar-refractivity contribution is 7.89. The average Bonchev–Trinajstić information content (AvgIpc) is 3.34. The summed E-state index contributed by atoms with van der Waals surface area (Å²) < 4.78 is 28.8. The molecule has 1 aromatic heterocycles. The normalized spacial score (nSPS) is 30.8. The van der Waals surface area contributed by atoms with Crippen molar-refractivity contribution in [3.05, 3.63) is 17.1 Å². The molecule has 0 amide bonds. The van der Waals surface area contributed by atoms with Crippen molar-refractivity contribution < 1.29 is 13.2 Å². The highest BCUT2D eigenvalue weighted by atomic mass is 32.2. The first-order chi connectivity index (χ1) is 14.1. The number of fused-ring (bicyclic) bond motifs is 3. The smallest absolute Gasteiger partial charge is 0.215 e. The minimum atomic E-state index is -3.57. The van der Waals surface area contributed by atoms with Gasteiger partial charge in [-0.1, -0.05) is 13.8 Å². The van der Waals surface area contributed by atoms with Gasteiger partial charge in [0.25, 0.3) is 0 Å². The van der Waals surface area contributed by atoms with Crippen molar-refractivity contribution in [1.82, 2.24) is 14.3 Å². The summed E-state index contributed by atoms with van der Waals surface area (Å²) in [5.41, 5.74) is 0.966. The Balaban J connectivity index is 1.45. The van der Waals surface area contributed by atoms with E-state index in [0.717, 1.165) is 55.3 Å². The van der Waals surface area contributed by atoms with Gasteiger partial charge < -0.3 is 4.90 Å². The van der Waals surface area contributed by atoms with Crippen molar-refractivity contribution in [1.29, 1.82) is 0 Å². The number of nitrogens with zero attached hydrogens (tertiary/aromatic N) is 4. The van der Waals surface area contributed by atoms with E-state index in [0.29, 0.717) is 38.3 Å². The van der Waals surface area contributed by atoms with Gasteiger partial charge in [-0.05, 0) is 43.9 Å². The highest BCUT2D eigenvalue weighted by Crippen LogP contribution is 2.64. The molecule has 8 heteroatoms. The molecular weight excluding hydrogens is 400 g/mol. The molecule has 2 aliphatic carbocycles. The van der Waals surface area contributed by atoms with Gasteiger partial charge in [0.1, 0.15) is 17.4 Å². The monoisotopic (exact) mass is 432 g/mol. The summed E-state index contributed by atoms with van der Waals surface area (Å²) in [5, 5.41) is 0. The number of carbonyl (C=O) groups excluding carboxylic acids is 1. The SMILES string of the molecule is Cc1nc2c(c(N3CCCC3)n1)CN(S(=O)(=O)CC13CCC(CC1=O)C3(C)C)CC2. The van der Waals surface area contributed by atoms with Crippen LogP contribution in [0.5, 0.6) is 0 Å². The topological polar surface area (TPSA) is 83.5 Å². The van der Waals surface area contributed by atoms with Crippen molar-refractivity contribution >= 4 is 21.6 Å². The first-order valence-corrected chi connectivity index (χ1v) is 12.9. The molecule has 7 nitrogen and oxygen atoms in total. The molecule has 5 rings (SSSR count). The third-order valence-corrected chi connectivity index (χ3v) is 10.4. The largest absolute Gasteiger partial charge is 0.356 e. The Morgan fingerprint density at radius 3 is 2.50 bits per heavy atom. The van der Waals surface area contributed by atoms with Crippen LogP contribution in [-0.2, 0) is 27.8 Å². The number of anilines is 1. The molecule has 3 fully saturated rings. The molecule has 164 valence electrons. The minimum Gasteiger partial charge on any atom is -0.356 e. The lowest BCUT2D eigenvalue weighted by molar-refractivity contribution is -0.128. The van der Waals surface area contributed by atoms with Gasteiger partial charge in [-0.25, -0.2) is 18.4 Å². The van der Waals surface area contributed by atoms with E-state index in [1.165, 1.54) is 0 Å². The van der Waals surface area contributed by atoms with Gasteiger partial charge in [0.2, 0.25) is 10.0 Å². The van der Waals surface area contributed by atoms with Crippen LogP contribution in [0.1, 0.15) is 63.0 Å². The molecule has 1 aromatic rings. The summed E-state index contributed by atoms with van der Waals surface area (Å²) in [7, 11) is -3.57. The van der Waals surface area contributed by atoms with Crippen LogP contribution in [0.3, 0.4) is 0 Å². The summed E-state index contributed by atoms with van der Waals surface area (Å²) in [6, 6.07) is 0. The molecule has 4 aliphatic rings. The maximum absolute atomic E-state index is 13.6. The number of ketones is 1. The third kappa shape index (κ3) is 2.86. The predicted molar refractivity (Wildman–Crippen MR) is 115 cm³/mol. The van der Waals surface area contributed by atoms with Crippen molar-refractivity contribution in [2.75, 3.05) is 30.3 Å². The Labute approximate surface area is 179 Å². The number of carbonyl (C=O) groups is 1. The fourth-order valence-electron chi connectivity index (χ4n) is 6.43. The van der Waals surface area contributed by atoms with Gasteiger partial charge in [0.05, 0.1) is 11.4 Å². The van der Waals surface area contributed by atoms with Crippen LogP contribution in [0, 0.1) is 23.7 Å². The van der Waals surface area contributed by atoms with E-state index in [9.17, 15) is 13.2 Å². The van der Waals surface area contributed by atoms with Crippen LogP contribution < -0.4 is 4.90 Å². The molecule has 1 saturated heterocycles. The minimum absolute atomic E-state index is 0.0522. The number of rotatable bonds is 4. The van der Waals surface area contributed by atoms with E-state index in [-0.39, 0.29) is 17.0 Å². The number of hydrogen-bond acceptors (Lipinski definition) is 6. The van der Waals surface area contributed by atoms with Crippen molar-refractivity contribution in [3.8, 4) is 0 Å². The standard InChI is InChI=1S/C22H32N4O3S/c1-15-23-18-7-11-26(13-17(18)20(24-15)25-9-4-5-10-25)30(28,29)14-22-8-6-16(12-19(22)27)21(22,2)3/h16H,4-14H2,1-3H3. The van der Waals surface area contributed by atoms with Crippen LogP contribution in [0.25, 0.3) is 0 Å². The first-order valence-electron chi connectivity index (χ1n) is 11.3. The van der Waals surface area contributed by atoms with Gasteiger partial charge in [-0.2, -0.15) is 4.31 Å². The first kappa shape index (κ1) is 20.4. The Bertz CT molecular complexity index is 1000. The van der Waals surface area contributed by atoms with E-state index in [4.69, 9.17) is 4.98 Å². The van der Waals surface area contributed by atoms with Gasteiger partial charge in [-0.15, -0.1) is 0 Å². The highest BCUT2D eigenvalue weighted by Gasteiger charge is 2.65. The van der Waals surface area contributed by atoms with Gasteiger partial charge in [0, 0.05) is 50.0 Å². The van der Waals surface area contributed by atoms with E-state index in [1.54, 1.807) is 4.31 Å². The summed E-state index contributed by atoms with van der Waals surface area (Å²) >= 11 is 0. The van der Waals surface area contributed by atoms with E-state index < -0.39 is 15.4 Å². The van der Waals surface area contributed by atoms with E-state index >= 15 is 0 Å². The number of sulfonamides is 1. The Morgan fingerprint density at radius 1 is 1.13 bits per heavy atom. The maximum Gasteiger partial charge on any atom is 0.215 e. The van der Waals surface area contributed by atoms with Crippen molar-refractivity contribution in [3.63, 3.8) is 0 Å². The maximum atomic E-state index is 13.6. The molecule has 2 aliphatic heterocycles. The predicted octanol–water partition coefficient (Wildman–Crippen LogP) is 2.47. The van der Waals surface area contributed by atoms with Crippen LogP contribution in [0.4, 0.5) is 5.82 Å². The van der Waals surface area contributed by atoms with Gasteiger partial charge in [0.15, 0.2) is 0 Å². The molecule has 2 bridgehead atoms. The Morgan fingerprint density at radius 2 is 1.87 bits per heavy atom. The average molecular weight is 433 g/mol. The zero-order chi connectivity index (χ0) is 21.3. The van der Waals surface area contributed by atoms with Crippen LogP contribution >= 0.6 is 0 Å². The fourth-order valence-corrected chi connectivity index (χ4v) is 8.61. The molecule has 3 heterocycles. The third-order valence-electron chi connectivity index (χ3n) is 8.48. The second-order valence-electron chi connectivity index (χ2n) is 10.2. The fraction of sp³-hybridized carbons (Fsp3) is 0.773. The number of Topliss-reactive ketones (excluding diaryl/α,β-unsaturated/α-hetero) is 1. The summed E-state index contributed by atoms with van der Waals surface area (Å²) in [6.45, 7) is 8.77. The van der Waals surface area contributed by atoms with Crippen LogP contribution in [0.15, 0.2) is 0 Å². The molecule has 0 aromatic carbocycles. The van der Waals surface area contributed by atoms with Crippen LogP contribution in [-0.4, -0.2) is 53.9 Å². The van der Waals surface area contributed by atoms with Crippen molar-refractivity contribution in [2.24, 2.45) is 16.7 Å². The second-order valence-corrected chi connectivity index (χ2v) is 12.2. The number of hydrogen-bond donors (Lipinski definition) is 0. The van der Waals surface area contributed by atoms with E-state index in [1.807, 2.05) is 6.92 Å². The molecule has 0 spiro atoms. The molecule has 30 heavy (non-hydrogen) atoms. The molecule has 2 atom stereocenters. The number of aryl methyl sites for hydroxylation is 1. The molecule has 2 saturated carbocycles. The van der Waals surface area contributed by atoms with Gasteiger partial charge in [-0.3, -0.25) is 4.79 Å². The summed E-state index contributed by atoms with van der Waals surface area (Å²) in [4.78, 5) is 24.5. The Kier molecular flexibility index (Phi) is 4.57. The quantitative estimate of drug-likeness (QED) is 0.727. The van der Waals surface area contributed by atoms with Gasteiger partial charge >= 0.3 is 0 Å². The summed E-state index contributed by atoms with van der Waals surface area (Å²) in [5.74, 6) is 2.08. The second kappa shape index (κ2) is 6.73. The Hall–Kier alpha value is -1.54. The zero-order valence-electron chi connectivity index (χ0n) is 18.3. The van der Waals surface area contributed by atoms with Crippen molar-refractivity contribution in [2.45, 2.75) is 65.8 Å². The zero-order valence-corrected chi connectivity index (χ0v) is 19.1. The lowest BCUT2D eigenvalue weighted by Gasteiger charge is -2.38.